The molecule has 0 bridgehead atoms. The van der Waals surface area contributed by atoms with Gasteiger partial charge in [0.1, 0.15) is 5.75 Å². The largest absolute Gasteiger partial charge is 0.507 e. The molecule has 3 aromatic rings. The van der Waals surface area contributed by atoms with Crippen LogP contribution in [-0.4, -0.2) is 15.2 Å². The highest BCUT2D eigenvalue weighted by Gasteiger charge is 2.12. The molecular formula is C14H8Br2N2O2. The molecule has 6 heteroatoms. The molecule has 100 valence electrons. The number of phenolic OH excluding ortho intramolecular Hbond substituents is 1. The Bertz CT molecular complexity index is 771. The van der Waals surface area contributed by atoms with Gasteiger partial charge >= 0.3 is 0 Å². The Morgan fingerprint density at radius 3 is 2.60 bits per heavy atom. The van der Waals surface area contributed by atoms with Gasteiger partial charge in [-0.15, -0.1) is 0 Å². The van der Waals surface area contributed by atoms with Crippen molar-refractivity contribution in [1.82, 2.24) is 10.1 Å². The molecule has 0 unspecified atom stereocenters. The van der Waals surface area contributed by atoms with E-state index in [2.05, 4.69) is 42.0 Å². The third kappa shape index (κ3) is 2.62. The van der Waals surface area contributed by atoms with Gasteiger partial charge in [0.05, 0.1) is 4.47 Å². The molecule has 0 saturated heterocycles. The van der Waals surface area contributed by atoms with Crippen molar-refractivity contribution in [2.75, 3.05) is 0 Å². The van der Waals surface area contributed by atoms with Gasteiger partial charge in [-0.1, -0.05) is 33.2 Å². The van der Waals surface area contributed by atoms with Crippen LogP contribution in [0.3, 0.4) is 0 Å². The number of nitrogens with zero attached hydrogens (tertiary/aromatic N) is 2. The first-order chi connectivity index (χ1) is 9.63. The van der Waals surface area contributed by atoms with E-state index in [0.717, 1.165) is 10.0 Å². The maximum Gasteiger partial charge on any atom is 0.258 e. The van der Waals surface area contributed by atoms with Crippen LogP contribution in [0.4, 0.5) is 0 Å². The SMILES string of the molecule is Oc1cc(-c2nc(-c3cccc(Br)c3)no2)ccc1Br. The van der Waals surface area contributed by atoms with Crippen molar-refractivity contribution < 1.29 is 9.63 Å². The smallest absolute Gasteiger partial charge is 0.258 e. The summed E-state index contributed by atoms with van der Waals surface area (Å²) in [6.45, 7) is 0. The van der Waals surface area contributed by atoms with Gasteiger partial charge in [-0.25, -0.2) is 0 Å². The van der Waals surface area contributed by atoms with Gasteiger partial charge in [0.2, 0.25) is 5.82 Å². The summed E-state index contributed by atoms with van der Waals surface area (Å²) >= 11 is 6.63. The second-order valence-electron chi connectivity index (χ2n) is 4.10. The van der Waals surface area contributed by atoms with E-state index >= 15 is 0 Å². The summed E-state index contributed by atoms with van der Waals surface area (Å²) in [5.74, 6) is 0.996. The zero-order valence-electron chi connectivity index (χ0n) is 10.0. The Kier molecular flexibility index (Phi) is 3.58. The molecular weight excluding hydrogens is 388 g/mol. The summed E-state index contributed by atoms with van der Waals surface area (Å²) < 4.78 is 6.80. The molecule has 0 aliphatic carbocycles. The number of rotatable bonds is 2. The lowest BCUT2D eigenvalue weighted by Crippen LogP contribution is -1.81. The molecule has 0 aliphatic rings. The van der Waals surface area contributed by atoms with E-state index in [-0.39, 0.29) is 5.75 Å². The van der Waals surface area contributed by atoms with Crippen molar-refractivity contribution in [2.24, 2.45) is 0 Å². The average molecular weight is 396 g/mol. The number of hydrogen-bond donors (Lipinski definition) is 1. The topological polar surface area (TPSA) is 59.2 Å². The monoisotopic (exact) mass is 394 g/mol. The molecule has 20 heavy (non-hydrogen) atoms. The van der Waals surface area contributed by atoms with E-state index in [1.54, 1.807) is 18.2 Å². The summed E-state index contributed by atoms with van der Waals surface area (Å²) in [4.78, 5) is 4.34. The lowest BCUT2D eigenvalue weighted by Gasteiger charge is -1.98. The van der Waals surface area contributed by atoms with Crippen molar-refractivity contribution in [3.63, 3.8) is 0 Å². The molecule has 1 N–H and O–H groups in total. The maximum atomic E-state index is 9.68. The molecule has 0 saturated carbocycles. The predicted molar refractivity (Wildman–Crippen MR) is 82.2 cm³/mol. The number of hydrogen-bond acceptors (Lipinski definition) is 4. The summed E-state index contributed by atoms with van der Waals surface area (Å²) in [7, 11) is 0. The van der Waals surface area contributed by atoms with Crippen LogP contribution in [0.5, 0.6) is 5.75 Å². The number of benzene rings is 2. The summed E-state index contributed by atoms with van der Waals surface area (Å²) in [5.41, 5.74) is 1.52. The van der Waals surface area contributed by atoms with Gasteiger partial charge in [0.15, 0.2) is 0 Å². The fourth-order valence-corrected chi connectivity index (χ4v) is 2.38. The minimum atomic E-state index is 0.129. The van der Waals surface area contributed by atoms with E-state index in [4.69, 9.17) is 4.52 Å². The first-order valence-corrected chi connectivity index (χ1v) is 7.30. The summed E-state index contributed by atoms with van der Waals surface area (Å²) in [5, 5.41) is 13.6. The minimum absolute atomic E-state index is 0.129. The zero-order chi connectivity index (χ0) is 14.1. The lowest BCUT2D eigenvalue weighted by atomic mass is 10.2. The lowest BCUT2D eigenvalue weighted by molar-refractivity contribution is 0.431. The van der Waals surface area contributed by atoms with Gasteiger partial charge in [0, 0.05) is 15.6 Å². The molecule has 1 heterocycles. The van der Waals surface area contributed by atoms with Crippen molar-refractivity contribution >= 4 is 31.9 Å². The fraction of sp³-hybridized carbons (Fsp3) is 0. The summed E-state index contributed by atoms with van der Waals surface area (Å²) in [6, 6.07) is 12.7. The van der Waals surface area contributed by atoms with Crippen LogP contribution in [-0.2, 0) is 0 Å². The second kappa shape index (κ2) is 5.38. The minimum Gasteiger partial charge on any atom is -0.507 e. The van der Waals surface area contributed by atoms with Crippen LogP contribution in [0, 0.1) is 0 Å². The number of halogens is 2. The third-order valence-electron chi connectivity index (χ3n) is 2.70. The highest BCUT2D eigenvalue weighted by atomic mass is 79.9. The van der Waals surface area contributed by atoms with Crippen LogP contribution in [0.15, 0.2) is 55.9 Å². The number of phenols is 1. The standard InChI is InChI=1S/C14H8Br2N2O2/c15-10-3-1-2-8(6-10)13-17-14(20-18-13)9-4-5-11(16)12(19)7-9/h1-7,19H. The fourth-order valence-electron chi connectivity index (χ4n) is 1.73. The number of aromatic nitrogens is 2. The van der Waals surface area contributed by atoms with Crippen LogP contribution in [0.1, 0.15) is 0 Å². The van der Waals surface area contributed by atoms with E-state index in [9.17, 15) is 5.11 Å². The van der Waals surface area contributed by atoms with Crippen LogP contribution < -0.4 is 0 Å². The second-order valence-corrected chi connectivity index (χ2v) is 5.87. The van der Waals surface area contributed by atoms with Crippen LogP contribution in [0.2, 0.25) is 0 Å². The quantitative estimate of drug-likeness (QED) is 0.686. The molecule has 0 atom stereocenters. The molecule has 0 fully saturated rings. The van der Waals surface area contributed by atoms with E-state index in [0.29, 0.717) is 21.8 Å². The van der Waals surface area contributed by atoms with Crippen LogP contribution >= 0.6 is 31.9 Å². The number of aromatic hydroxyl groups is 1. The Morgan fingerprint density at radius 2 is 1.85 bits per heavy atom. The van der Waals surface area contributed by atoms with Crippen molar-refractivity contribution in [3.05, 3.63) is 51.4 Å². The van der Waals surface area contributed by atoms with Gasteiger partial charge in [0.25, 0.3) is 5.89 Å². The zero-order valence-corrected chi connectivity index (χ0v) is 13.2. The Morgan fingerprint density at radius 1 is 1.00 bits per heavy atom. The highest BCUT2D eigenvalue weighted by Crippen LogP contribution is 2.30. The predicted octanol–water partition coefficient (Wildman–Crippen LogP) is 4.63. The van der Waals surface area contributed by atoms with E-state index in [1.165, 1.54) is 0 Å². The van der Waals surface area contributed by atoms with Crippen molar-refractivity contribution in [1.29, 1.82) is 0 Å². The summed E-state index contributed by atoms with van der Waals surface area (Å²) in [6.07, 6.45) is 0. The van der Waals surface area contributed by atoms with Crippen LogP contribution in [0.25, 0.3) is 22.8 Å². The van der Waals surface area contributed by atoms with E-state index in [1.807, 2.05) is 24.3 Å². The van der Waals surface area contributed by atoms with Gasteiger partial charge in [-0.05, 0) is 46.3 Å². The molecule has 2 aromatic carbocycles. The Balaban J connectivity index is 1.99. The molecule has 4 nitrogen and oxygen atoms in total. The average Bonchev–Trinajstić information content (AvgIpc) is 2.92. The Hall–Kier alpha value is -1.66. The molecule has 0 spiro atoms. The molecule has 1 aromatic heterocycles. The highest BCUT2D eigenvalue weighted by molar-refractivity contribution is 9.10. The van der Waals surface area contributed by atoms with E-state index < -0.39 is 0 Å². The molecule has 0 aliphatic heterocycles. The van der Waals surface area contributed by atoms with Gasteiger partial charge in [-0.2, -0.15) is 4.98 Å². The first-order valence-electron chi connectivity index (χ1n) is 5.72. The molecule has 0 radical (unpaired) electrons. The van der Waals surface area contributed by atoms with Gasteiger partial charge < -0.3 is 9.63 Å². The van der Waals surface area contributed by atoms with Crippen molar-refractivity contribution in [3.8, 4) is 28.6 Å². The normalized spacial score (nSPS) is 10.7. The first kappa shape index (κ1) is 13.3. The molecule has 3 rings (SSSR count). The van der Waals surface area contributed by atoms with Crippen molar-refractivity contribution in [2.45, 2.75) is 0 Å². The Labute approximate surface area is 131 Å². The maximum absolute atomic E-state index is 9.68. The van der Waals surface area contributed by atoms with Gasteiger partial charge in [-0.3, -0.25) is 0 Å². The molecule has 0 amide bonds. The third-order valence-corrected chi connectivity index (χ3v) is 3.87.